The van der Waals surface area contributed by atoms with Gasteiger partial charge in [-0.05, 0) is 79.7 Å². The highest BCUT2D eigenvalue weighted by Crippen LogP contribution is 2.45. The summed E-state index contributed by atoms with van der Waals surface area (Å²) in [5.74, 6) is 0. The molecule has 6 heteroatoms. The van der Waals surface area contributed by atoms with Crippen LogP contribution in [0.1, 0.15) is 76.8 Å². The summed E-state index contributed by atoms with van der Waals surface area (Å²) in [5.41, 5.74) is 2.52. The Bertz CT molecular complexity index is 979. The van der Waals surface area contributed by atoms with Crippen LogP contribution in [0.3, 0.4) is 0 Å². The van der Waals surface area contributed by atoms with Gasteiger partial charge in [-0.25, -0.2) is 9.59 Å². The average Bonchev–Trinajstić information content (AvgIpc) is 2.87. The van der Waals surface area contributed by atoms with Crippen molar-refractivity contribution < 1.29 is 19.1 Å². The molecule has 2 aromatic carbocycles. The van der Waals surface area contributed by atoms with Gasteiger partial charge in [-0.1, -0.05) is 81.4 Å². The van der Waals surface area contributed by atoms with Crippen molar-refractivity contribution in [3.63, 3.8) is 0 Å². The summed E-state index contributed by atoms with van der Waals surface area (Å²) in [7, 11) is 0. The largest absolute Gasteiger partial charge is 0.450 e. The third-order valence-electron chi connectivity index (χ3n) is 7.30. The predicted octanol–water partition coefficient (Wildman–Crippen LogP) is 7.07. The molecule has 0 spiro atoms. The van der Waals surface area contributed by atoms with Gasteiger partial charge in [0.1, 0.15) is 0 Å². The van der Waals surface area contributed by atoms with Gasteiger partial charge in [0.2, 0.25) is 0 Å². The van der Waals surface area contributed by atoms with Crippen molar-refractivity contribution in [2.75, 3.05) is 19.8 Å². The molecule has 2 atom stereocenters. The molecule has 2 unspecified atom stereocenters. The number of ether oxygens (including phenoxy) is 2. The minimum Gasteiger partial charge on any atom is -0.450 e. The van der Waals surface area contributed by atoms with Crippen LogP contribution in [-0.4, -0.2) is 38.0 Å². The predicted molar refractivity (Wildman–Crippen MR) is 152 cm³/mol. The van der Waals surface area contributed by atoms with Crippen LogP contribution in [-0.2, 0) is 22.3 Å². The van der Waals surface area contributed by atoms with Gasteiger partial charge in [-0.2, -0.15) is 0 Å². The maximum absolute atomic E-state index is 12.5. The number of carbonyl (C=O) groups is 2. The third-order valence-corrected chi connectivity index (χ3v) is 7.30. The number of alkyl carbamates (subject to hydrolysis) is 2. The molecule has 3 rings (SSSR count). The monoisotopic (exact) mass is 522 g/mol. The SMILES string of the molecule is CC1(C)CC(NC(=O)OCCCCc2ccccc2)CC(C)(CNC(=O)OCCCCc2ccccc2)C1. The first-order valence-electron chi connectivity index (χ1n) is 14.1. The van der Waals surface area contributed by atoms with Gasteiger partial charge < -0.3 is 20.1 Å². The molecule has 2 aromatic rings. The molecule has 0 heterocycles. The lowest BCUT2D eigenvalue weighted by molar-refractivity contribution is 0.0621. The molecule has 0 bridgehead atoms. The summed E-state index contributed by atoms with van der Waals surface area (Å²) in [4.78, 5) is 24.8. The van der Waals surface area contributed by atoms with E-state index in [2.05, 4.69) is 55.7 Å². The van der Waals surface area contributed by atoms with Gasteiger partial charge in [0.15, 0.2) is 0 Å². The van der Waals surface area contributed by atoms with Gasteiger partial charge in [0.05, 0.1) is 13.2 Å². The molecular weight excluding hydrogens is 476 g/mol. The second kappa shape index (κ2) is 14.8. The fourth-order valence-corrected chi connectivity index (χ4v) is 5.90. The lowest BCUT2D eigenvalue weighted by atomic mass is 9.62. The van der Waals surface area contributed by atoms with Crippen molar-refractivity contribution in [2.24, 2.45) is 10.8 Å². The molecule has 6 nitrogen and oxygen atoms in total. The number of benzene rings is 2. The van der Waals surface area contributed by atoms with Crippen molar-refractivity contribution in [1.29, 1.82) is 0 Å². The molecule has 0 aromatic heterocycles. The Morgan fingerprint density at radius 3 is 1.84 bits per heavy atom. The van der Waals surface area contributed by atoms with E-state index in [1.165, 1.54) is 11.1 Å². The highest BCUT2D eigenvalue weighted by Gasteiger charge is 2.42. The number of aryl methyl sites for hydroxylation is 2. The number of rotatable bonds is 13. The van der Waals surface area contributed by atoms with Crippen LogP contribution in [0.2, 0.25) is 0 Å². The molecule has 0 saturated heterocycles. The summed E-state index contributed by atoms with van der Waals surface area (Å²) < 4.78 is 10.9. The molecule has 1 fully saturated rings. The second-order valence-electron chi connectivity index (χ2n) is 11.9. The van der Waals surface area contributed by atoms with Gasteiger partial charge in [0.25, 0.3) is 0 Å². The number of amides is 2. The topological polar surface area (TPSA) is 76.7 Å². The highest BCUT2D eigenvalue weighted by molar-refractivity contribution is 5.68. The summed E-state index contributed by atoms with van der Waals surface area (Å²) in [5, 5.41) is 6.05. The fraction of sp³-hybridized carbons (Fsp3) is 0.562. The van der Waals surface area contributed by atoms with E-state index in [0.29, 0.717) is 19.8 Å². The van der Waals surface area contributed by atoms with Crippen LogP contribution in [0, 0.1) is 10.8 Å². The van der Waals surface area contributed by atoms with Crippen LogP contribution >= 0.6 is 0 Å². The van der Waals surface area contributed by atoms with Crippen LogP contribution in [0.25, 0.3) is 0 Å². The quantitative estimate of drug-likeness (QED) is 0.276. The summed E-state index contributed by atoms with van der Waals surface area (Å²) in [6, 6.07) is 20.7. The van der Waals surface area contributed by atoms with Crippen LogP contribution in [0.5, 0.6) is 0 Å². The third kappa shape index (κ3) is 11.2. The minimum atomic E-state index is -0.367. The molecule has 38 heavy (non-hydrogen) atoms. The smallest absolute Gasteiger partial charge is 0.407 e. The number of nitrogens with one attached hydrogen (secondary N) is 2. The Hall–Kier alpha value is -3.02. The molecule has 1 aliphatic carbocycles. The molecule has 2 N–H and O–H groups in total. The van der Waals surface area contributed by atoms with Crippen LogP contribution in [0.15, 0.2) is 60.7 Å². The Labute approximate surface area is 228 Å². The van der Waals surface area contributed by atoms with E-state index in [0.717, 1.165) is 57.8 Å². The fourth-order valence-electron chi connectivity index (χ4n) is 5.90. The maximum atomic E-state index is 12.5. The first-order chi connectivity index (χ1) is 18.2. The zero-order chi connectivity index (χ0) is 27.3. The summed E-state index contributed by atoms with van der Waals surface area (Å²) in [6.07, 6.45) is 7.56. The van der Waals surface area contributed by atoms with Gasteiger partial charge in [-0.3, -0.25) is 0 Å². The van der Waals surface area contributed by atoms with Crippen LogP contribution < -0.4 is 10.6 Å². The zero-order valence-electron chi connectivity index (χ0n) is 23.5. The van der Waals surface area contributed by atoms with Crippen molar-refractivity contribution in [1.82, 2.24) is 10.6 Å². The number of unbranched alkanes of at least 4 members (excludes halogenated alkanes) is 2. The standard InChI is InChI=1S/C32H46N2O4/c1-31(2)22-28(34-30(36)38-21-13-11-19-27-16-8-5-9-17-27)23-32(3,24-31)25-33-29(35)37-20-12-10-18-26-14-6-4-7-15-26/h4-9,14-17,28H,10-13,18-25H2,1-3H3,(H,33,35)(H,34,36). The lowest BCUT2D eigenvalue weighted by Gasteiger charge is -2.46. The van der Waals surface area contributed by atoms with Crippen molar-refractivity contribution in [3.05, 3.63) is 71.8 Å². The molecule has 0 aliphatic heterocycles. The normalized spacial score (nSPS) is 20.3. The van der Waals surface area contributed by atoms with E-state index in [1.54, 1.807) is 0 Å². The average molecular weight is 523 g/mol. The minimum absolute atomic E-state index is 0.0105. The number of carbonyl (C=O) groups excluding carboxylic acids is 2. The Morgan fingerprint density at radius 2 is 1.29 bits per heavy atom. The van der Waals surface area contributed by atoms with Crippen molar-refractivity contribution in [2.45, 2.75) is 84.6 Å². The molecule has 1 saturated carbocycles. The van der Waals surface area contributed by atoms with E-state index < -0.39 is 0 Å². The molecular formula is C32H46N2O4. The zero-order valence-corrected chi connectivity index (χ0v) is 23.5. The van der Waals surface area contributed by atoms with E-state index >= 15 is 0 Å². The van der Waals surface area contributed by atoms with E-state index in [4.69, 9.17) is 9.47 Å². The van der Waals surface area contributed by atoms with Gasteiger partial charge >= 0.3 is 12.2 Å². The molecule has 2 amide bonds. The van der Waals surface area contributed by atoms with Gasteiger partial charge in [-0.15, -0.1) is 0 Å². The number of hydrogen-bond acceptors (Lipinski definition) is 4. The summed E-state index contributed by atoms with van der Waals surface area (Å²) >= 11 is 0. The second-order valence-corrected chi connectivity index (χ2v) is 11.9. The number of hydrogen-bond donors (Lipinski definition) is 2. The van der Waals surface area contributed by atoms with Crippen molar-refractivity contribution >= 4 is 12.2 Å². The molecule has 1 aliphatic rings. The Kier molecular flexibility index (Phi) is 11.5. The first kappa shape index (κ1) is 29.5. The molecule has 0 radical (unpaired) electrons. The van der Waals surface area contributed by atoms with E-state index in [1.807, 2.05) is 36.4 Å². The lowest BCUT2D eigenvalue weighted by Crippen LogP contribution is -2.50. The van der Waals surface area contributed by atoms with Crippen molar-refractivity contribution in [3.8, 4) is 0 Å². The Morgan fingerprint density at radius 1 is 0.763 bits per heavy atom. The Balaban J connectivity index is 1.32. The van der Waals surface area contributed by atoms with Crippen LogP contribution in [0.4, 0.5) is 9.59 Å². The maximum Gasteiger partial charge on any atom is 0.407 e. The molecule has 208 valence electrons. The van der Waals surface area contributed by atoms with Gasteiger partial charge in [0, 0.05) is 12.6 Å². The first-order valence-corrected chi connectivity index (χ1v) is 14.1. The van der Waals surface area contributed by atoms with E-state index in [-0.39, 0.29) is 29.1 Å². The summed E-state index contributed by atoms with van der Waals surface area (Å²) in [6.45, 7) is 7.98. The highest BCUT2D eigenvalue weighted by atomic mass is 16.6. The van der Waals surface area contributed by atoms with E-state index in [9.17, 15) is 9.59 Å².